The van der Waals surface area contributed by atoms with Gasteiger partial charge in [-0.2, -0.15) is 26.3 Å². The number of benzene rings is 1. The first kappa shape index (κ1) is 24.5. The van der Waals surface area contributed by atoms with Crippen LogP contribution in [0.25, 0.3) is 11.1 Å². The first-order chi connectivity index (χ1) is 14.8. The van der Waals surface area contributed by atoms with Crippen molar-refractivity contribution in [3.63, 3.8) is 0 Å². The van der Waals surface area contributed by atoms with Crippen LogP contribution in [-0.4, -0.2) is 36.4 Å². The number of ether oxygens (including phenoxy) is 1. The zero-order valence-electron chi connectivity index (χ0n) is 16.2. The van der Waals surface area contributed by atoms with Crippen molar-refractivity contribution in [3.05, 3.63) is 63.7 Å². The van der Waals surface area contributed by atoms with Crippen LogP contribution in [0.5, 0.6) is 5.75 Å². The predicted octanol–water partition coefficient (Wildman–Crippen LogP) is 3.22. The number of pyridine rings is 1. The second-order valence-electron chi connectivity index (χ2n) is 6.31. The fourth-order valence-electron chi connectivity index (χ4n) is 2.60. The van der Waals surface area contributed by atoms with E-state index in [0.717, 1.165) is 18.3 Å². The Morgan fingerprint density at radius 2 is 1.78 bits per heavy atom. The normalized spacial score (nSPS) is 12.4. The lowest BCUT2D eigenvalue weighted by molar-refractivity contribution is -0.140. The highest BCUT2D eigenvalue weighted by atomic mass is 19.4. The van der Waals surface area contributed by atoms with Gasteiger partial charge in [0, 0.05) is 24.4 Å². The van der Waals surface area contributed by atoms with E-state index in [0.29, 0.717) is 6.07 Å². The van der Waals surface area contributed by atoms with Crippen LogP contribution in [-0.2, 0) is 6.18 Å². The number of carbonyl (C=O) groups is 1. The number of H-pyrrole nitrogens is 1. The number of hydrogen-bond acceptors (Lipinski definition) is 5. The third-order valence-corrected chi connectivity index (χ3v) is 4.07. The van der Waals surface area contributed by atoms with Crippen LogP contribution in [0.4, 0.5) is 26.3 Å². The Balaban J connectivity index is 2.36. The van der Waals surface area contributed by atoms with Crippen molar-refractivity contribution in [2.75, 3.05) is 13.7 Å². The van der Waals surface area contributed by atoms with E-state index in [1.54, 1.807) is 4.98 Å². The van der Waals surface area contributed by atoms with E-state index in [1.807, 2.05) is 0 Å². The minimum Gasteiger partial charge on any atom is -0.489 e. The summed E-state index contributed by atoms with van der Waals surface area (Å²) in [7, 11) is 1.33. The highest BCUT2D eigenvalue weighted by molar-refractivity contribution is 6.02. The van der Waals surface area contributed by atoms with E-state index < -0.39 is 58.5 Å². The van der Waals surface area contributed by atoms with E-state index in [9.17, 15) is 35.9 Å². The van der Waals surface area contributed by atoms with Crippen molar-refractivity contribution in [1.29, 1.82) is 5.41 Å². The molecule has 2 rings (SSSR count). The molecule has 0 bridgehead atoms. The molecule has 0 saturated carbocycles. The topological polar surface area (TPSA) is 121 Å². The first-order valence-corrected chi connectivity index (χ1v) is 8.65. The number of aromatic amines is 1. The molecular formula is C19H16F6N4O3. The Hall–Kier alpha value is -3.77. The Kier molecular flexibility index (Phi) is 7.01. The second kappa shape index (κ2) is 9.16. The van der Waals surface area contributed by atoms with Crippen molar-refractivity contribution < 1.29 is 35.9 Å². The molecule has 0 aliphatic rings. The summed E-state index contributed by atoms with van der Waals surface area (Å²) in [5.41, 5.74) is -1.09. The third-order valence-electron chi connectivity index (χ3n) is 4.07. The van der Waals surface area contributed by atoms with Crippen molar-refractivity contribution in [2.45, 2.75) is 12.4 Å². The van der Waals surface area contributed by atoms with Crippen LogP contribution in [0.15, 0.2) is 46.9 Å². The minimum absolute atomic E-state index is 0.00108. The summed E-state index contributed by atoms with van der Waals surface area (Å²) < 4.78 is 83.5. The van der Waals surface area contributed by atoms with Gasteiger partial charge in [-0.1, -0.05) is 12.1 Å². The quantitative estimate of drug-likeness (QED) is 0.373. The Labute approximate surface area is 176 Å². The standard InChI is InChI=1S/C19H16F6N4O3/c1-28-7-10(14(26)18(20,21)22)8-32-11-4-2-9(3-5-11)12-6-13(16(27)30)17(31)29-15(12)19(23,24)25/h2-7,26,28H,8H2,1H3,(H2,27,30)(H,29,31)/b10-7-,26-14?. The molecule has 0 aliphatic carbocycles. The van der Waals surface area contributed by atoms with E-state index in [2.05, 4.69) is 5.32 Å². The third kappa shape index (κ3) is 5.68. The molecule has 1 aromatic heterocycles. The average molecular weight is 462 g/mol. The SMILES string of the molecule is CN/C=C(/COc1ccc(-c2cc(C(N)=O)c(=O)[nH]c2C(F)(F)F)cc1)C(=N)C(F)(F)F. The zero-order chi connectivity index (χ0) is 24.3. The zero-order valence-corrected chi connectivity index (χ0v) is 16.2. The molecule has 0 unspecified atom stereocenters. The van der Waals surface area contributed by atoms with E-state index in [1.165, 1.54) is 19.2 Å². The monoisotopic (exact) mass is 462 g/mol. The summed E-state index contributed by atoms with van der Waals surface area (Å²) >= 11 is 0. The molecule has 7 nitrogen and oxygen atoms in total. The Morgan fingerprint density at radius 1 is 1.19 bits per heavy atom. The van der Waals surface area contributed by atoms with Crippen molar-refractivity contribution in [1.82, 2.24) is 10.3 Å². The molecule has 1 aromatic carbocycles. The van der Waals surface area contributed by atoms with E-state index in [-0.39, 0.29) is 11.3 Å². The Bertz CT molecular complexity index is 1100. The molecule has 172 valence electrons. The predicted molar refractivity (Wildman–Crippen MR) is 102 cm³/mol. The highest BCUT2D eigenvalue weighted by Crippen LogP contribution is 2.35. The number of amides is 1. The number of primary amides is 1. The number of nitrogens with one attached hydrogen (secondary N) is 3. The van der Waals surface area contributed by atoms with Gasteiger partial charge in [-0.3, -0.25) is 15.0 Å². The lowest BCUT2D eigenvalue weighted by atomic mass is 10.0. The maximum atomic E-state index is 13.3. The van der Waals surface area contributed by atoms with Crippen molar-refractivity contribution in [2.24, 2.45) is 5.73 Å². The molecule has 1 amide bonds. The van der Waals surface area contributed by atoms with Gasteiger partial charge in [0.05, 0.1) is 0 Å². The molecule has 2 aromatic rings. The first-order valence-electron chi connectivity index (χ1n) is 8.65. The summed E-state index contributed by atoms with van der Waals surface area (Å²) in [6.45, 7) is -0.642. The molecule has 0 fully saturated rings. The number of rotatable bonds is 7. The summed E-state index contributed by atoms with van der Waals surface area (Å²) in [6.07, 6.45) is -8.91. The summed E-state index contributed by atoms with van der Waals surface area (Å²) in [6, 6.07) is 5.37. The lowest BCUT2D eigenvalue weighted by Gasteiger charge is -2.15. The second-order valence-corrected chi connectivity index (χ2v) is 6.31. The number of hydrogen-bond donors (Lipinski definition) is 4. The van der Waals surface area contributed by atoms with Gasteiger partial charge in [0.25, 0.3) is 11.5 Å². The van der Waals surface area contributed by atoms with Gasteiger partial charge >= 0.3 is 12.4 Å². The van der Waals surface area contributed by atoms with Gasteiger partial charge in [0.1, 0.15) is 29.3 Å². The largest absolute Gasteiger partial charge is 0.489 e. The van der Waals surface area contributed by atoms with Crippen molar-refractivity contribution in [3.8, 4) is 16.9 Å². The van der Waals surface area contributed by atoms with Gasteiger partial charge in [-0.05, 0) is 23.8 Å². The number of halogens is 6. The summed E-state index contributed by atoms with van der Waals surface area (Å²) in [5.74, 6) is -1.23. The van der Waals surface area contributed by atoms with Crippen LogP contribution >= 0.6 is 0 Å². The number of carbonyl (C=O) groups excluding carboxylic acids is 1. The van der Waals surface area contributed by atoms with Gasteiger partial charge in [-0.25, -0.2) is 0 Å². The van der Waals surface area contributed by atoms with Crippen molar-refractivity contribution >= 4 is 11.6 Å². The molecule has 0 spiro atoms. The molecule has 0 atom stereocenters. The van der Waals surface area contributed by atoms with Crippen LogP contribution in [0.2, 0.25) is 0 Å². The smallest absolute Gasteiger partial charge is 0.433 e. The van der Waals surface area contributed by atoms with Gasteiger partial charge < -0.3 is 20.8 Å². The van der Waals surface area contributed by atoms with Crippen LogP contribution in [0, 0.1) is 5.41 Å². The molecule has 13 heteroatoms. The maximum Gasteiger partial charge on any atom is 0.433 e. The van der Waals surface area contributed by atoms with Crippen LogP contribution in [0.1, 0.15) is 16.1 Å². The molecule has 0 radical (unpaired) electrons. The van der Waals surface area contributed by atoms with Crippen LogP contribution in [0.3, 0.4) is 0 Å². The molecule has 32 heavy (non-hydrogen) atoms. The summed E-state index contributed by atoms with van der Waals surface area (Å²) in [5, 5.41) is 9.55. The lowest BCUT2D eigenvalue weighted by Crippen LogP contribution is -2.27. The van der Waals surface area contributed by atoms with Gasteiger partial charge in [-0.15, -0.1) is 0 Å². The Morgan fingerprint density at radius 3 is 2.25 bits per heavy atom. The minimum atomic E-state index is -4.95. The molecule has 0 aliphatic heterocycles. The highest BCUT2D eigenvalue weighted by Gasteiger charge is 2.37. The maximum absolute atomic E-state index is 13.3. The summed E-state index contributed by atoms with van der Waals surface area (Å²) in [4.78, 5) is 24.7. The molecular weight excluding hydrogens is 446 g/mol. The fourth-order valence-corrected chi connectivity index (χ4v) is 2.60. The number of alkyl halides is 6. The fraction of sp³-hybridized carbons (Fsp3) is 0.211. The number of aromatic nitrogens is 1. The molecule has 1 heterocycles. The van der Waals surface area contributed by atoms with Crippen LogP contribution < -0.4 is 21.3 Å². The van der Waals surface area contributed by atoms with Gasteiger partial charge in [0.2, 0.25) is 0 Å². The van der Waals surface area contributed by atoms with E-state index in [4.69, 9.17) is 15.9 Å². The van der Waals surface area contributed by atoms with Gasteiger partial charge in [0.15, 0.2) is 0 Å². The molecule has 0 saturated heterocycles. The molecule has 5 N–H and O–H groups in total. The number of nitrogens with two attached hydrogens (primary N) is 1. The average Bonchev–Trinajstić information content (AvgIpc) is 2.69. The van der Waals surface area contributed by atoms with E-state index >= 15 is 0 Å².